The van der Waals surface area contributed by atoms with Gasteiger partial charge >= 0.3 is 0 Å². The Labute approximate surface area is 190 Å². The summed E-state index contributed by atoms with van der Waals surface area (Å²) in [7, 11) is 0. The van der Waals surface area contributed by atoms with E-state index in [0.717, 1.165) is 42.9 Å². The maximum atomic E-state index is 5.97. The van der Waals surface area contributed by atoms with Crippen LogP contribution in [0.4, 0.5) is 11.5 Å². The van der Waals surface area contributed by atoms with E-state index in [1.165, 1.54) is 5.56 Å². The molecule has 7 heteroatoms. The molecule has 0 radical (unpaired) electrons. The van der Waals surface area contributed by atoms with Crippen molar-refractivity contribution in [2.45, 2.75) is 47.0 Å². The van der Waals surface area contributed by atoms with Crippen LogP contribution in [0.3, 0.4) is 0 Å². The van der Waals surface area contributed by atoms with Crippen LogP contribution in [0.1, 0.15) is 49.5 Å². The number of nitrogens with one attached hydrogen (secondary N) is 1. The maximum Gasteiger partial charge on any atom is 0.217 e. The Morgan fingerprint density at radius 3 is 2.62 bits per heavy atom. The summed E-state index contributed by atoms with van der Waals surface area (Å²) in [5, 5.41) is 4.38. The lowest BCUT2D eigenvalue weighted by molar-refractivity contribution is 0.297. The zero-order chi connectivity index (χ0) is 22.8. The summed E-state index contributed by atoms with van der Waals surface area (Å²) < 4.78 is 11.5. The van der Waals surface area contributed by atoms with Gasteiger partial charge in [-0.2, -0.15) is 10.1 Å². The fraction of sp³-hybridized carbons (Fsp3) is 0.400. The number of nitrogens with zero attached hydrogens (tertiary/aromatic N) is 4. The number of hydrogen-bond donors (Lipinski definition) is 1. The Hall–Kier alpha value is -3.35. The molecule has 2 aromatic heterocycles. The number of benzene rings is 1. The van der Waals surface area contributed by atoms with Crippen molar-refractivity contribution in [3.05, 3.63) is 65.4 Å². The number of ether oxygens (including phenoxy) is 1. The maximum absolute atomic E-state index is 5.97. The van der Waals surface area contributed by atoms with Gasteiger partial charge in [0.15, 0.2) is 11.7 Å². The predicted molar refractivity (Wildman–Crippen MR) is 130 cm³/mol. The van der Waals surface area contributed by atoms with Crippen molar-refractivity contribution in [3.63, 3.8) is 0 Å². The monoisotopic (exact) mass is 435 g/mol. The molecule has 0 aliphatic heterocycles. The number of anilines is 2. The number of hydrogen-bond acceptors (Lipinski definition) is 7. The van der Waals surface area contributed by atoms with E-state index < -0.39 is 0 Å². The minimum Gasteiger partial charge on any atom is -0.477 e. The van der Waals surface area contributed by atoms with E-state index in [4.69, 9.17) is 9.15 Å². The van der Waals surface area contributed by atoms with Crippen LogP contribution in [0.15, 0.2) is 52.1 Å². The van der Waals surface area contributed by atoms with E-state index in [1.807, 2.05) is 31.2 Å². The van der Waals surface area contributed by atoms with Crippen LogP contribution in [0.2, 0.25) is 0 Å². The standard InChI is InChI=1S/C25H33N5O2/c1-5-11-30(12-6-2)22-15-24(29-27-17-21-9-7-8-19(3)14-21)28-25(16-22)31-13-10-23-18-26-20(4)32-23/h7-9,14-18H,5-6,10-13H2,1-4H3,(H,28,29)/b27-17+. The molecule has 0 aliphatic rings. The average Bonchev–Trinajstić information content (AvgIpc) is 3.18. The van der Waals surface area contributed by atoms with Gasteiger partial charge in [0.2, 0.25) is 5.88 Å². The highest BCUT2D eigenvalue weighted by atomic mass is 16.5. The quantitative estimate of drug-likeness (QED) is 0.304. The molecule has 3 aromatic rings. The van der Waals surface area contributed by atoms with Crippen LogP contribution in [0.5, 0.6) is 5.88 Å². The largest absolute Gasteiger partial charge is 0.477 e. The van der Waals surface area contributed by atoms with E-state index in [9.17, 15) is 0 Å². The molecule has 170 valence electrons. The van der Waals surface area contributed by atoms with Gasteiger partial charge in [-0.15, -0.1) is 0 Å². The zero-order valence-corrected chi connectivity index (χ0v) is 19.5. The molecule has 0 unspecified atom stereocenters. The summed E-state index contributed by atoms with van der Waals surface area (Å²) >= 11 is 0. The van der Waals surface area contributed by atoms with E-state index in [2.05, 4.69) is 58.3 Å². The molecular weight excluding hydrogens is 402 g/mol. The zero-order valence-electron chi connectivity index (χ0n) is 19.5. The van der Waals surface area contributed by atoms with Crippen molar-refractivity contribution in [3.8, 4) is 5.88 Å². The number of oxazole rings is 1. The van der Waals surface area contributed by atoms with E-state index in [1.54, 1.807) is 12.4 Å². The number of aromatic nitrogens is 2. The fourth-order valence-electron chi connectivity index (χ4n) is 3.42. The van der Waals surface area contributed by atoms with Gasteiger partial charge in [-0.25, -0.2) is 4.98 Å². The van der Waals surface area contributed by atoms with Crippen LogP contribution in [-0.4, -0.2) is 35.9 Å². The van der Waals surface area contributed by atoms with E-state index >= 15 is 0 Å². The summed E-state index contributed by atoms with van der Waals surface area (Å²) in [6.07, 6.45) is 6.30. The van der Waals surface area contributed by atoms with Crippen molar-refractivity contribution in [1.29, 1.82) is 0 Å². The summed E-state index contributed by atoms with van der Waals surface area (Å²) in [6.45, 7) is 10.7. The lowest BCUT2D eigenvalue weighted by Gasteiger charge is -2.24. The summed E-state index contributed by atoms with van der Waals surface area (Å²) in [5.41, 5.74) is 6.37. The topological polar surface area (TPSA) is 75.8 Å². The van der Waals surface area contributed by atoms with Gasteiger partial charge in [-0.1, -0.05) is 43.7 Å². The Bertz CT molecular complexity index is 1010. The lowest BCUT2D eigenvalue weighted by atomic mass is 10.2. The highest BCUT2D eigenvalue weighted by molar-refractivity contribution is 5.80. The molecule has 32 heavy (non-hydrogen) atoms. The normalized spacial score (nSPS) is 11.1. The number of pyridine rings is 1. The van der Waals surface area contributed by atoms with Crippen LogP contribution in [0, 0.1) is 13.8 Å². The SMILES string of the molecule is CCCN(CCC)c1cc(N/N=C/c2cccc(C)c2)nc(OCCc2cnc(C)o2)c1. The number of aryl methyl sites for hydroxylation is 2. The van der Waals surface area contributed by atoms with Gasteiger partial charge in [-0.05, 0) is 25.3 Å². The molecule has 3 rings (SSSR count). The van der Waals surface area contributed by atoms with Crippen molar-refractivity contribution in [1.82, 2.24) is 9.97 Å². The third kappa shape index (κ3) is 7.11. The number of hydrazone groups is 1. The third-order valence-corrected chi connectivity index (χ3v) is 4.84. The third-order valence-electron chi connectivity index (χ3n) is 4.84. The van der Waals surface area contributed by atoms with Gasteiger partial charge in [0.25, 0.3) is 0 Å². The van der Waals surface area contributed by atoms with Crippen molar-refractivity contribution in [2.75, 3.05) is 30.0 Å². The van der Waals surface area contributed by atoms with Gasteiger partial charge in [-0.3, -0.25) is 5.43 Å². The fourth-order valence-corrected chi connectivity index (χ4v) is 3.42. The molecule has 1 N–H and O–H groups in total. The molecule has 2 heterocycles. The first-order valence-corrected chi connectivity index (χ1v) is 11.2. The van der Waals surface area contributed by atoms with Gasteiger partial charge in [0.05, 0.1) is 19.0 Å². The summed E-state index contributed by atoms with van der Waals surface area (Å²) in [4.78, 5) is 11.1. The predicted octanol–water partition coefficient (Wildman–Crippen LogP) is 5.38. The molecule has 1 aromatic carbocycles. The molecule has 0 saturated heterocycles. The minimum absolute atomic E-state index is 0.457. The second-order valence-electron chi connectivity index (χ2n) is 7.76. The van der Waals surface area contributed by atoms with Crippen molar-refractivity contribution in [2.24, 2.45) is 5.10 Å². The lowest BCUT2D eigenvalue weighted by Crippen LogP contribution is -2.25. The molecule has 0 aliphatic carbocycles. The molecule has 0 atom stereocenters. The summed E-state index contributed by atoms with van der Waals surface area (Å²) in [6, 6.07) is 12.2. The Morgan fingerprint density at radius 1 is 1.12 bits per heavy atom. The Kier molecular flexibility index (Phi) is 8.66. The van der Waals surface area contributed by atoms with Crippen molar-refractivity contribution >= 4 is 17.7 Å². The highest BCUT2D eigenvalue weighted by Crippen LogP contribution is 2.25. The van der Waals surface area contributed by atoms with Crippen LogP contribution in [0.25, 0.3) is 0 Å². The van der Waals surface area contributed by atoms with E-state index in [0.29, 0.717) is 30.6 Å². The number of rotatable bonds is 12. The summed E-state index contributed by atoms with van der Waals surface area (Å²) in [5.74, 6) is 2.67. The first-order valence-electron chi connectivity index (χ1n) is 11.2. The Morgan fingerprint density at radius 2 is 1.94 bits per heavy atom. The highest BCUT2D eigenvalue weighted by Gasteiger charge is 2.11. The average molecular weight is 436 g/mol. The second-order valence-corrected chi connectivity index (χ2v) is 7.76. The molecule has 0 spiro atoms. The molecular formula is C25H33N5O2. The first kappa shape index (κ1) is 23.3. The molecule has 0 amide bonds. The minimum atomic E-state index is 0.457. The smallest absolute Gasteiger partial charge is 0.217 e. The van der Waals surface area contributed by atoms with Gasteiger partial charge in [0, 0.05) is 44.3 Å². The second kappa shape index (κ2) is 11.9. The van der Waals surface area contributed by atoms with Crippen molar-refractivity contribution < 1.29 is 9.15 Å². The van der Waals surface area contributed by atoms with Crippen LogP contribution >= 0.6 is 0 Å². The molecule has 0 bridgehead atoms. The first-order chi connectivity index (χ1) is 15.6. The van der Waals surface area contributed by atoms with Crippen LogP contribution in [-0.2, 0) is 6.42 Å². The van der Waals surface area contributed by atoms with Gasteiger partial charge < -0.3 is 14.1 Å². The molecule has 7 nitrogen and oxygen atoms in total. The molecule has 0 saturated carbocycles. The van der Waals surface area contributed by atoms with Gasteiger partial charge in [0.1, 0.15) is 5.76 Å². The van der Waals surface area contributed by atoms with Crippen LogP contribution < -0.4 is 15.1 Å². The van der Waals surface area contributed by atoms with E-state index in [-0.39, 0.29) is 0 Å². The Balaban J connectivity index is 1.75. The molecule has 0 fully saturated rings.